The minimum absolute atomic E-state index is 0.0423. The number of carbonyl (C=O) groups is 1. The van der Waals surface area contributed by atoms with Crippen molar-refractivity contribution in [2.24, 2.45) is 0 Å². The summed E-state index contributed by atoms with van der Waals surface area (Å²) in [6.45, 7) is 3.94. The molecule has 0 fully saturated rings. The molecule has 1 aliphatic heterocycles. The molecule has 0 bridgehead atoms. The zero-order valence-electron chi connectivity index (χ0n) is 10.8. The molecule has 0 saturated heterocycles. The Morgan fingerprint density at radius 3 is 2.84 bits per heavy atom. The number of thiophene rings is 1. The van der Waals surface area contributed by atoms with Crippen LogP contribution in [0.15, 0.2) is 22.3 Å². The Morgan fingerprint density at radius 2 is 2.21 bits per heavy atom. The first-order chi connectivity index (χ1) is 9.08. The van der Waals surface area contributed by atoms with Gasteiger partial charge in [0.1, 0.15) is 5.82 Å². The molecule has 1 amide bonds. The average Bonchev–Trinajstić information content (AvgIpc) is 2.96. The molecule has 1 atom stereocenters. The fraction of sp³-hybridized carbons (Fsp3) is 0.385. The van der Waals surface area contributed by atoms with Crippen molar-refractivity contribution in [2.75, 3.05) is 5.32 Å². The monoisotopic (exact) mass is 277 g/mol. The Bertz CT molecular complexity index is 667. The molecular formula is C13H15N3O2S. The van der Waals surface area contributed by atoms with Gasteiger partial charge in [0.05, 0.1) is 5.56 Å². The fourth-order valence-corrected chi connectivity index (χ4v) is 3.34. The van der Waals surface area contributed by atoms with Crippen molar-refractivity contribution in [3.63, 3.8) is 0 Å². The molecule has 0 saturated carbocycles. The third-order valence-corrected chi connectivity index (χ3v) is 4.35. The van der Waals surface area contributed by atoms with Crippen molar-refractivity contribution in [3.05, 3.63) is 38.3 Å². The van der Waals surface area contributed by atoms with Crippen LogP contribution >= 0.6 is 11.3 Å². The van der Waals surface area contributed by atoms with Gasteiger partial charge in [0.15, 0.2) is 0 Å². The average molecular weight is 277 g/mol. The standard InChI is InChI=1S/C13H15N3O2S/c1-7(2)16-12-11(13(18)15-16)8(6-10(17)14-12)9-4-3-5-19-9/h3-5,7-8H,6H2,1-2H3,(H,14,17)(H,15,18)/t8-/m1/s1. The van der Waals surface area contributed by atoms with Crippen LogP contribution in [0.2, 0.25) is 0 Å². The number of hydrogen-bond acceptors (Lipinski definition) is 3. The lowest BCUT2D eigenvalue weighted by Gasteiger charge is -2.23. The highest BCUT2D eigenvalue weighted by Crippen LogP contribution is 2.37. The minimum Gasteiger partial charge on any atom is -0.311 e. The van der Waals surface area contributed by atoms with E-state index in [2.05, 4.69) is 10.4 Å². The molecule has 6 heteroatoms. The Kier molecular flexibility index (Phi) is 2.82. The predicted molar refractivity (Wildman–Crippen MR) is 74.8 cm³/mol. The molecule has 19 heavy (non-hydrogen) atoms. The summed E-state index contributed by atoms with van der Waals surface area (Å²) < 4.78 is 1.73. The van der Waals surface area contributed by atoms with Crippen LogP contribution in [0.5, 0.6) is 0 Å². The SMILES string of the molecule is CC(C)n1[nH]c(=O)c2c1NC(=O)C[C@@H]2c1cccs1. The van der Waals surface area contributed by atoms with Crippen molar-refractivity contribution >= 4 is 23.1 Å². The van der Waals surface area contributed by atoms with E-state index in [0.717, 1.165) is 4.88 Å². The van der Waals surface area contributed by atoms with Crippen LogP contribution in [-0.4, -0.2) is 15.7 Å². The highest BCUT2D eigenvalue weighted by atomic mass is 32.1. The molecule has 0 aliphatic carbocycles. The van der Waals surface area contributed by atoms with Gasteiger partial charge >= 0.3 is 0 Å². The summed E-state index contributed by atoms with van der Waals surface area (Å²) in [6.07, 6.45) is 0.332. The molecule has 0 unspecified atom stereocenters. The fourth-order valence-electron chi connectivity index (χ4n) is 2.50. The highest BCUT2D eigenvalue weighted by molar-refractivity contribution is 7.10. The van der Waals surface area contributed by atoms with Crippen LogP contribution in [-0.2, 0) is 4.79 Å². The lowest BCUT2D eigenvalue weighted by Crippen LogP contribution is -2.26. The van der Waals surface area contributed by atoms with Crippen LogP contribution in [0.25, 0.3) is 0 Å². The molecule has 2 aromatic rings. The summed E-state index contributed by atoms with van der Waals surface area (Å²) in [5, 5.41) is 7.61. The van der Waals surface area contributed by atoms with E-state index in [1.165, 1.54) is 0 Å². The molecule has 2 aromatic heterocycles. The number of fused-ring (bicyclic) bond motifs is 1. The molecule has 1 aliphatic rings. The zero-order valence-corrected chi connectivity index (χ0v) is 11.6. The lowest BCUT2D eigenvalue weighted by molar-refractivity contribution is -0.116. The van der Waals surface area contributed by atoms with Crippen LogP contribution in [0.3, 0.4) is 0 Å². The van der Waals surface area contributed by atoms with Gasteiger partial charge in [-0.25, -0.2) is 0 Å². The number of nitrogens with zero attached hydrogens (tertiary/aromatic N) is 1. The third-order valence-electron chi connectivity index (χ3n) is 3.36. The van der Waals surface area contributed by atoms with Crippen LogP contribution in [0.4, 0.5) is 5.82 Å². The maximum absolute atomic E-state index is 12.2. The van der Waals surface area contributed by atoms with Crippen molar-refractivity contribution in [2.45, 2.75) is 32.2 Å². The highest BCUT2D eigenvalue weighted by Gasteiger charge is 2.33. The first-order valence-corrected chi connectivity index (χ1v) is 7.13. The summed E-state index contributed by atoms with van der Waals surface area (Å²) in [5.74, 6) is 0.446. The number of aromatic nitrogens is 2. The summed E-state index contributed by atoms with van der Waals surface area (Å²) in [5.41, 5.74) is 0.567. The normalized spacial score (nSPS) is 18.5. The van der Waals surface area contributed by atoms with Gasteiger partial charge in [0, 0.05) is 23.3 Å². The molecule has 3 rings (SSSR count). The summed E-state index contributed by atoms with van der Waals surface area (Å²) >= 11 is 1.58. The first kappa shape index (κ1) is 12.2. The molecule has 100 valence electrons. The van der Waals surface area contributed by atoms with Crippen LogP contribution in [0, 0.1) is 0 Å². The Balaban J connectivity index is 2.19. The van der Waals surface area contributed by atoms with E-state index < -0.39 is 0 Å². The number of anilines is 1. The quantitative estimate of drug-likeness (QED) is 0.884. The molecular weight excluding hydrogens is 262 g/mol. The maximum atomic E-state index is 12.2. The molecule has 5 nitrogen and oxygen atoms in total. The topological polar surface area (TPSA) is 66.9 Å². The zero-order chi connectivity index (χ0) is 13.6. The second kappa shape index (κ2) is 4.38. The van der Waals surface area contributed by atoms with Gasteiger partial charge in [-0.2, -0.15) is 0 Å². The molecule has 0 radical (unpaired) electrons. The van der Waals surface area contributed by atoms with E-state index in [4.69, 9.17) is 0 Å². The van der Waals surface area contributed by atoms with E-state index in [9.17, 15) is 9.59 Å². The van der Waals surface area contributed by atoms with Crippen molar-refractivity contribution in [1.29, 1.82) is 0 Å². The van der Waals surface area contributed by atoms with Crippen molar-refractivity contribution in [3.8, 4) is 0 Å². The van der Waals surface area contributed by atoms with E-state index in [0.29, 0.717) is 17.8 Å². The van der Waals surface area contributed by atoms with Gasteiger partial charge < -0.3 is 5.32 Å². The van der Waals surface area contributed by atoms with Gasteiger partial charge in [-0.3, -0.25) is 19.4 Å². The van der Waals surface area contributed by atoms with Crippen molar-refractivity contribution in [1.82, 2.24) is 9.78 Å². The van der Waals surface area contributed by atoms with Gasteiger partial charge in [-0.15, -0.1) is 11.3 Å². The smallest absolute Gasteiger partial charge is 0.270 e. The molecule has 0 spiro atoms. The first-order valence-electron chi connectivity index (χ1n) is 6.25. The summed E-state index contributed by atoms with van der Waals surface area (Å²) in [7, 11) is 0. The van der Waals surface area contributed by atoms with Crippen LogP contribution in [0.1, 0.15) is 42.7 Å². The molecule has 0 aromatic carbocycles. The van der Waals surface area contributed by atoms with Gasteiger partial charge in [0.2, 0.25) is 5.91 Å². The van der Waals surface area contributed by atoms with Gasteiger partial charge in [-0.1, -0.05) is 6.07 Å². The Morgan fingerprint density at radius 1 is 1.42 bits per heavy atom. The number of amides is 1. The number of aromatic amines is 1. The summed E-state index contributed by atoms with van der Waals surface area (Å²) in [4.78, 5) is 25.1. The number of H-pyrrole nitrogens is 1. The van der Waals surface area contributed by atoms with Crippen LogP contribution < -0.4 is 10.9 Å². The number of rotatable bonds is 2. The van der Waals surface area contributed by atoms with E-state index in [1.54, 1.807) is 16.0 Å². The Labute approximate surface area is 114 Å². The predicted octanol–water partition coefficient (Wildman–Crippen LogP) is 2.29. The number of carbonyl (C=O) groups excluding carboxylic acids is 1. The number of hydrogen-bond donors (Lipinski definition) is 2. The lowest BCUT2D eigenvalue weighted by atomic mass is 9.92. The number of nitrogens with one attached hydrogen (secondary N) is 2. The molecule has 2 N–H and O–H groups in total. The van der Waals surface area contributed by atoms with Gasteiger partial charge in [0.25, 0.3) is 5.56 Å². The second-order valence-corrected chi connectivity index (χ2v) is 5.97. The van der Waals surface area contributed by atoms with Gasteiger partial charge in [-0.05, 0) is 25.3 Å². The molecule has 3 heterocycles. The minimum atomic E-state index is -0.132. The second-order valence-electron chi connectivity index (χ2n) is 4.99. The third kappa shape index (κ3) is 1.92. The van der Waals surface area contributed by atoms with E-state index in [1.807, 2.05) is 31.4 Å². The van der Waals surface area contributed by atoms with E-state index in [-0.39, 0.29) is 23.4 Å². The van der Waals surface area contributed by atoms with Crippen molar-refractivity contribution < 1.29 is 4.79 Å². The van der Waals surface area contributed by atoms with E-state index >= 15 is 0 Å². The summed E-state index contributed by atoms with van der Waals surface area (Å²) in [6, 6.07) is 4.02. The largest absolute Gasteiger partial charge is 0.311 e. The Hall–Kier alpha value is -1.82. The maximum Gasteiger partial charge on any atom is 0.270 e.